The normalized spacial score (nSPS) is 33.3. The first-order chi connectivity index (χ1) is 14.1. The first kappa shape index (κ1) is 22.1. The van der Waals surface area contributed by atoms with E-state index in [2.05, 4.69) is 47.6 Å². The second-order valence-corrected chi connectivity index (χ2v) is 10.00. The predicted octanol–water partition coefficient (Wildman–Crippen LogP) is 3.37. The molecule has 1 unspecified atom stereocenters. The van der Waals surface area contributed by atoms with E-state index in [1.54, 1.807) is 0 Å². The van der Waals surface area contributed by atoms with Gasteiger partial charge in [0.25, 0.3) is 0 Å². The Morgan fingerprint density at radius 1 is 1.10 bits per heavy atom. The Morgan fingerprint density at radius 2 is 1.90 bits per heavy atom. The van der Waals surface area contributed by atoms with E-state index in [-0.39, 0.29) is 17.8 Å². The second-order valence-electron chi connectivity index (χ2n) is 10.00. The lowest BCUT2D eigenvalue weighted by molar-refractivity contribution is -0.126. The molecule has 5 nitrogen and oxygen atoms in total. The van der Waals surface area contributed by atoms with Crippen LogP contribution in [0, 0.1) is 12.3 Å². The average molecular weight is 434 g/mol. The summed E-state index contributed by atoms with van der Waals surface area (Å²) in [4.78, 5) is 15.5. The van der Waals surface area contributed by atoms with Gasteiger partial charge >= 0.3 is 0 Å². The number of hydrogen-bond donors (Lipinski definition) is 2. The minimum atomic E-state index is -0.108. The Bertz CT molecular complexity index is 787. The summed E-state index contributed by atoms with van der Waals surface area (Å²) in [6.07, 6.45) is 6.90. The summed E-state index contributed by atoms with van der Waals surface area (Å²) in [7, 11) is 0. The summed E-state index contributed by atoms with van der Waals surface area (Å²) in [6.45, 7) is 11.0. The molecule has 0 radical (unpaired) electrons. The van der Waals surface area contributed by atoms with Gasteiger partial charge in [0.2, 0.25) is 5.91 Å². The van der Waals surface area contributed by atoms with Crippen LogP contribution >= 0.6 is 12.4 Å². The van der Waals surface area contributed by atoms with E-state index in [0.717, 1.165) is 62.2 Å². The van der Waals surface area contributed by atoms with Gasteiger partial charge in [0.1, 0.15) is 11.7 Å². The smallest absolute Gasteiger partial charge is 0.233 e. The van der Waals surface area contributed by atoms with E-state index >= 15 is 0 Å². The number of nitrogens with zero attached hydrogens (tertiary/aromatic N) is 2. The highest BCUT2D eigenvalue weighted by atomic mass is 35.5. The maximum atomic E-state index is 13.4. The molecule has 1 spiro atoms. The molecule has 4 aliphatic rings. The molecule has 2 N–H and O–H groups in total. The largest absolute Gasteiger partial charge is 0.317 e. The molecular weight excluding hydrogens is 396 g/mol. The van der Waals surface area contributed by atoms with Crippen molar-refractivity contribution >= 4 is 29.7 Å². The molecule has 6 heteroatoms. The molecule has 166 valence electrons. The number of nitrogens with one attached hydrogen (secondary N) is 2. The number of hydrogen-bond acceptors (Lipinski definition) is 3. The quantitative estimate of drug-likeness (QED) is 0.718. The molecule has 1 aromatic carbocycles. The highest BCUT2D eigenvalue weighted by molar-refractivity contribution is 6.00. The third-order valence-corrected chi connectivity index (χ3v) is 8.65. The van der Waals surface area contributed by atoms with Crippen LogP contribution in [0.15, 0.2) is 18.2 Å². The van der Waals surface area contributed by atoms with E-state index in [9.17, 15) is 4.79 Å². The molecule has 30 heavy (non-hydrogen) atoms. The van der Waals surface area contributed by atoms with Crippen molar-refractivity contribution in [2.45, 2.75) is 64.5 Å². The van der Waals surface area contributed by atoms with Crippen molar-refractivity contribution in [2.75, 3.05) is 44.2 Å². The van der Waals surface area contributed by atoms with Gasteiger partial charge in [-0.3, -0.25) is 9.28 Å². The number of anilines is 1. The molecule has 1 aromatic rings. The molecule has 4 saturated heterocycles. The van der Waals surface area contributed by atoms with Gasteiger partial charge in [-0.15, -0.1) is 12.4 Å². The SMILES string of the molecule is Cc1cc([N+]2([C@H]3CCNC3)CCC[C@H]2C)ccc1N1CCC2(CCNCC2)C1=O.Cl. The van der Waals surface area contributed by atoms with Gasteiger partial charge in [-0.1, -0.05) is 0 Å². The molecule has 5 rings (SSSR count). The number of carbonyl (C=O) groups is 1. The van der Waals surface area contributed by atoms with E-state index in [0.29, 0.717) is 18.0 Å². The third kappa shape index (κ3) is 3.29. The minimum Gasteiger partial charge on any atom is -0.317 e. The van der Waals surface area contributed by atoms with Crippen LogP contribution in [0.4, 0.5) is 11.4 Å². The van der Waals surface area contributed by atoms with Gasteiger partial charge in [0, 0.05) is 56.7 Å². The Morgan fingerprint density at radius 3 is 2.53 bits per heavy atom. The number of likely N-dealkylation sites (tertiary alicyclic amines) is 1. The number of carbonyl (C=O) groups excluding carboxylic acids is 1. The van der Waals surface area contributed by atoms with Gasteiger partial charge in [-0.05, 0) is 57.8 Å². The Kier molecular flexibility index (Phi) is 6.19. The molecular formula is C24H38ClN4O+. The summed E-state index contributed by atoms with van der Waals surface area (Å²) in [5.74, 6) is 0.369. The zero-order valence-electron chi connectivity index (χ0n) is 18.6. The maximum absolute atomic E-state index is 13.4. The second kappa shape index (κ2) is 8.42. The number of piperidine rings is 1. The van der Waals surface area contributed by atoms with E-state index in [4.69, 9.17) is 0 Å². The third-order valence-electron chi connectivity index (χ3n) is 8.65. The fraction of sp³-hybridized carbons (Fsp3) is 0.708. The molecule has 1 amide bonds. The van der Waals surface area contributed by atoms with Crippen molar-refractivity contribution in [2.24, 2.45) is 5.41 Å². The summed E-state index contributed by atoms with van der Waals surface area (Å²) >= 11 is 0. The van der Waals surface area contributed by atoms with Gasteiger partial charge in [-0.25, -0.2) is 0 Å². The zero-order chi connectivity index (χ0) is 20.1. The molecule has 0 bridgehead atoms. The van der Waals surface area contributed by atoms with Crippen molar-refractivity contribution in [3.05, 3.63) is 23.8 Å². The highest BCUT2D eigenvalue weighted by Gasteiger charge is 2.49. The monoisotopic (exact) mass is 433 g/mol. The molecule has 0 aromatic heterocycles. The summed E-state index contributed by atoms with van der Waals surface area (Å²) in [5, 5.41) is 7.02. The van der Waals surface area contributed by atoms with Crippen LogP contribution in [-0.2, 0) is 4.79 Å². The van der Waals surface area contributed by atoms with Gasteiger partial charge in [-0.2, -0.15) is 0 Å². The predicted molar refractivity (Wildman–Crippen MR) is 127 cm³/mol. The van der Waals surface area contributed by atoms with E-state index in [1.165, 1.54) is 37.1 Å². The Balaban J connectivity index is 0.00000218. The Hall–Kier alpha value is -1.14. The first-order valence-corrected chi connectivity index (χ1v) is 11.8. The lowest BCUT2D eigenvalue weighted by Gasteiger charge is -2.43. The fourth-order valence-electron chi connectivity index (χ4n) is 6.89. The standard InChI is InChI=1S/C24H37N4O.ClH/c1-18-16-20(28(15-3-4-19(28)2)21-7-11-26-17-21)5-6-22(18)27-14-10-24(23(27)29)8-12-25-13-9-24;/h5-6,16,19,21,25-26H,3-4,7-15,17H2,1-2H3;1H/q+1;/t19-,21+,28?;/m1./s1. The lowest BCUT2D eigenvalue weighted by atomic mass is 9.77. The zero-order valence-corrected chi connectivity index (χ0v) is 19.4. The number of rotatable bonds is 3. The Labute approximate surface area is 187 Å². The van der Waals surface area contributed by atoms with Crippen LogP contribution in [0.1, 0.15) is 51.0 Å². The highest BCUT2D eigenvalue weighted by Crippen LogP contribution is 2.44. The van der Waals surface area contributed by atoms with E-state index in [1.807, 2.05) is 0 Å². The van der Waals surface area contributed by atoms with Crippen LogP contribution in [0.3, 0.4) is 0 Å². The first-order valence-electron chi connectivity index (χ1n) is 11.8. The number of benzene rings is 1. The molecule has 4 heterocycles. The van der Waals surface area contributed by atoms with Crippen LogP contribution in [0.25, 0.3) is 0 Å². The van der Waals surface area contributed by atoms with Crippen LogP contribution in [0.5, 0.6) is 0 Å². The maximum Gasteiger partial charge on any atom is 0.233 e. The van der Waals surface area contributed by atoms with Crippen molar-refractivity contribution in [1.29, 1.82) is 0 Å². The topological polar surface area (TPSA) is 44.4 Å². The number of aryl methyl sites for hydroxylation is 1. The van der Waals surface area contributed by atoms with Crippen molar-refractivity contribution in [3.8, 4) is 0 Å². The number of amides is 1. The lowest BCUT2D eigenvalue weighted by Crippen LogP contribution is -2.59. The van der Waals surface area contributed by atoms with Crippen LogP contribution < -0.4 is 20.0 Å². The fourth-order valence-corrected chi connectivity index (χ4v) is 6.89. The molecule has 3 atom stereocenters. The van der Waals surface area contributed by atoms with Crippen LogP contribution in [0.2, 0.25) is 0 Å². The summed E-state index contributed by atoms with van der Waals surface area (Å²) < 4.78 is 1.14. The molecule has 4 aliphatic heterocycles. The van der Waals surface area contributed by atoms with Crippen molar-refractivity contribution < 1.29 is 4.79 Å². The van der Waals surface area contributed by atoms with Crippen molar-refractivity contribution in [3.63, 3.8) is 0 Å². The van der Waals surface area contributed by atoms with Crippen LogP contribution in [-0.4, -0.2) is 57.3 Å². The van der Waals surface area contributed by atoms with E-state index < -0.39 is 0 Å². The van der Waals surface area contributed by atoms with Crippen molar-refractivity contribution in [1.82, 2.24) is 15.1 Å². The molecule has 0 saturated carbocycles. The van der Waals surface area contributed by atoms with Gasteiger partial charge in [0.15, 0.2) is 0 Å². The van der Waals surface area contributed by atoms with Gasteiger partial charge < -0.3 is 15.5 Å². The molecule has 0 aliphatic carbocycles. The number of halogens is 1. The summed E-state index contributed by atoms with van der Waals surface area (Å²) in [5.41, 5.74) is 3.77. The molecule has 4 fully saturated rings. The summed E-state index contributed by atoms with van der Waals surface area (Å²) in [6, 6.07) is 8.39. The minimum absolute atomic E-state index is 0. The average Bonchev–Trinajstić information content (AvgIpc) is 3.45. The van der Waals surface area contributed by atoms with Gasteiger partial charge in [0.05, 0.1) is 18.0 Å². The number of quaternary nitrogens is 1.